The molecule has 74 valence electrons. The Kier molecular flexibility index (Phi) is 4.15. The third-order valence-corrected chi connectivity index (χ3v) is 2.03. The number of nitrogen functional groups attached to an aromatic ring is 1. The number of rotatable bonds is 4. The number of benzene rings is 1. The molecule has 2 N–H and O–H groups in total. The molecule has 0 aliphatic carbocycles. The number of hydrogen-bond donors (Lipinski definition) is 1. The molecule has 3 heteroatoms. The molecule has 0 bridgehead atoms. The van der Waals surface area contributed by atoms with Crippen molar-refractivity contribution in [3.8, 4) is 18.1 Å². The van der Waals surface area contributed by atoms with Crippen LogP contribution in [0.15, 0.2) is 18.2 Å². The van der Waals surface area contributed by atoms with E-state index in [1.807, 2.05) is 0 Å². The van der Waals surface area contributed by atoms with Crippen molar-refractivity contribution in [3.05, 3.63) is 23.2 Å². The topological polar surface area (TPSA) is 35.2 Å². The van der Waals surface area contributed by atoms with Crippen molar-refractivity contribution < 1.29 is 4.74 Å². The van der Waals surface area contributed by atoms with Crippen molar-refractivity contribution in [2.75, 3.05) is 12.3 Å². The minimum atomic E-state index is 0.513. The summed E-state index contributed by atoms with van der Waals surface area (Å²) in [5, 5.41) is 0.513. The molecule has 1 rings (SSSR count). The zero-order valence-electron chi connectivity index (χ0n) is 7.79. The monoisotopic (exact) mass is 209 g/mol. The van der Waals surface area contributed by atoms with Crippen molar-refractivity contribution in [3.63, 3.8) is 0 Å². The Morgan fingerprint density at radius 3 is 2.93 bits per heavy atom. The van der Waals surface area contributed by atoms with Crippen LogP contribution in [-0.2, 0) is 0 Å². The van der Waals surface area contributed by atoms with Gasteiger partial charge in [-0.25, -0.2) is 0 Å². The van der Waals surface area contributed by atoms with E-state index in [1.54, 1.807) is 18.2 Å². The minimum absolute atomic E-state index is 0.513. The largest absolute Gasteiger partial charge is 0.494 e. The second-order valence-corrected chi connectivity index (χ2v) is 3.25. The van der Waals surface area contributed by atoms with Crippen LogP contribution in [0.1, 0.15) is 12.8 Å². The van der Waals surface area contributed by atoms with E-state index in [-0.39, 0.29) is 0 Å². The molecule has 0 aromatic heterocycles. The van der Waals surface area contributed by atoms with Gasteiger partial charge in [-0.2, -0.15) is 0 Å². The lowest BCUT2D eigenvalue weighted by Gasteiger charge is -2.06. The van der Waals surface area contributed by atoms with Gasteiger partial charge in [0.15, 0.2) is 0 Å². The maximum Gasteiger partial charge on any atom is 0.120 e. The summed E-state index contributed by atoms with van der Waals surface area (Å²) in [6.07, 6.45) is 6.68. The average molecular weight is 210 g/mol. The zero-order valence-corrected chi connectivity index (χ0v) is 8.55. The molecule has 0 fully saturated rings. The number of hydrogen-bond acceptors (Lipinski definition) is 2. The molecule has 0 atom stereocenters. The van der Waals surface area contributed by atoms with E-state index < -0.39 is 0 Å². The number of anilines is 1. The first-order valence-electron chi connectivity index (χ1n) is 4.35. The Bertz CT molecular complexity index is 344. The second-order valence-electron chi connectivity index (χ2n) is 2.84. The van der Waals surface area contributed by atoms with Crippen molar-refractivity contribution in [2.24, 2.45) is 0 Å². The third kappa shape index (κ3) is 3.20. The lowest BCUT2D eigenvalue weighted by molar-refractivity contribution is 0.313. The normalized spacial score (nSPS) is 9.43. The molecule has 0 saturated carbocycles. The fourth-order valence-corrected chi connectivity index (χ4v) is 1.13. The van der Waals surface area contributed by atoms with Gasteiger partial charge in [-0.3, -0.25) is 0 Å². The molecule has 0 aliphatic rings. The molecule has 0 saturated heterocycles. The van der Waals surface area contributed by atoms with E-state index in [2.05, 4.69) is 5.92 Å². The van der Waals surface area contributed by atoms with Gasteiger partial charge in [-0.15, -0.1) is 12.3 Å². The van der Waals surface area contributed by atoms with E-state index in [1.165, 1.54) is 0 Å². The van der Waals surface area contributed by atoms with Crippen LogP contribution in [0, 0.1) is 12.3 Å². The fourth-order valence-electron chi connectivity index (χ4n) is 0.962. The van der Waals surface area contributed by atoms with Crippen molar-refractivity contribution in [2.45, 2.75) is 12.8 Å². The number of nitrogens with two attached hydrogens (primary N) is 1. The fraction of sp³-hybridized carbons (Fsp3) is 0.273. The lowest BCUT2D eigenvalue weighted by atomic mass is 10.3. The van der Waals surface area contributed by atoms with Gasteiger partial charge in [0.05, 0.1) is 17.3 Å². The summed E-state index contributed by atoms with van der Waals surface area (Å²) >= 11 is 5.82. The first-order chi connectivity index (χ1) is 6.74. The van der Waals surface area contributed by atoms with Crippen molar-refractivity contribution in [1.82, 2.24) is 0 Å². The summed E-state index contributed by atoms with van der Waals surface area (Å²) in [4.78, 5) is 0. The molecule has 14 heavy (non-hydrogen) atoms. The molecule has 0 aliphatic heterocycles. The summed E-state index contributed by atoms with van der Waals surface area (Å²) in [5.74, 6) is 3.27. The molecule has 0 spiro atoms. The van der Waals surface area contributed by atoms with Crippen LogP contribution < -0.4 is 10.5 Å². The van der Waals surface area contributed by atoms with Gasteiger partial charge in [-0.1, -0.05) is 11.6 Å². The summed E-state index contributed by atoms with van der Waals surface area (Å²) in [5.41, 5.74) is 6.11. The van der Waals surface area contributed by atoms with Crippen LogP contribution in [0.5, 0.6) is 5.75 Å². The number of halogens is 1. The van der Waals surface area contributed by atoms with Gasteiger partial charge in [0, 0.05) is 12.5 Å². The highest BCUT2D eigenvalue weighted by Crippen LogP contribution is 2.24. The first-order valence-corrected chi connectivity index (χ1v) is 4.73. The van der Waals surface area contributed by atoms with Crippen LogP contribution >= 0.6 is 11.6 Å². The van der Waals surface area contributed by atoms with Crippen LogP contribution in [0.4, 0.5) is 5.69 Å². The quantitative estimate of drug-likeness (QED) is 0.470. The molecule has 0 heterocycles. The van der Waals surface area contributed by atoms with Crippen LogP contribution in [0.25, 0.3) is 0 Å². The van der Waals surface area contributed by atoms with Crippen LogP contribution in [0.3, 0.4) is 0 Å². The molecule has 0 radical (unpaired) electrons. The number of unbranched alkanes of at least 4 members (excludes halogenated alkanes) is 1. The highest BCUT2D eigenvalue weighted by atomic mass is 35.5. The smallest absolute Gasteiger partial charge is 0.120 e. The Labute approximate surface area is 89.0 Å². The standard InChI is InChI=1S/C11H12ClNO/c1-2-3-4-7-14-9-5-6-11(13)10(12)8-9/h1,5-6,8H,3-4,7,13H2. The van der Waals surface area contributed by atoms with Gasteiger partial charge in [0.25, 0.3) is 0 Å². The second kappa shape index (κ2) is 5.41. The maximum absolute atomic E-state index is 5.82. The summed E-state index contributed by atoms with van der Waals surface area (Å²) < 4.78 is 5.41. The predicted molar refractivity (Wildman–Crippen MR) is 59.4 cm³/mol. The minimum Gasteiger partial charge on any atom is -0.494 e. The van der Waals surface area contributed by atoms with E-state index in [0.29, 0.717) is 17.3 Å². The van der Waals surface area contributed by atoms with Gasteiger partial charge in [0.1, 0.15) is 5.75 Å². The highest BCUT2D eigenvalue weighted by molar-refractivity contribution is 6.33. The Balaban J connectivity index is 2.44. The zero-order chi connectivity index (χ0) is 10.4. The molecule has 2 nitrogen and oxygen atoms in total. The molecular formula is C11H12ClNO. The summed E-state index contributed by atoms with van der Waals surface area (Å²) in [6.45, 7) is 0.602. The Morgan fingerprint density at radius 2 is 2.29 bits per heavy atom. The van der Waals surface area contributed by atoms with E-state index in [4.69, 9.17) is 28.5 Å². The lowest BCUT2D eigenvalue weighted by Crippen LogP contribution is -1.97. The van der Waals surface area contributed by atoms with Gasteiger partial charge in [0.2, 0.25) is 0 Å². The Hall–Kier alpha value is -1.33. The van der Waals surface area contributed by atoms with E-state index in [0.717, 1.165) is 18.6 Å². The summed E-state index contributed by atoms with van der Waals surface area (Å²) in [6, 6.07) is 5.21. The van der Waals surface area contributed by atoms with E-state index >= 15 is 0 Å². The van der Waals surface area contributed by atoms with Crippen LogP contribution in [0.2, 0.25) is 5.02 Å². The molecule has 1 aromatic carbocycles. The van der Waals surface area contributed by atoms with Crippen molar-refractivity contribution >= 4 is 17.3 Å². The molecule has 1 aromatic rings. The highest BCUT2D eigenvalue weighted by Gasteiger charge is 1.98. The Morgan fingerprint density at radius 1 is 1.50 bits per heavy atom. The van der Waals surface area contributed by atoms with Gasteiger partial charge < -0.3 is 10.5 Å². The third-order valence-electron chi connectivity index (χ3n) is 1.71. The van der Waals surface area contributed by atoms with Crippen LogP contribution in [-0.4, -0.2) is 6.61 Å². The first kappa shape index (κ1) is 10.7. The van der Waals surface area contributed by atoms with E-state index in [9.17, 15) is 0 Å². The molecule has 0 amide bonds. The molecule has 0 unspecified atom stereocenters. The average Bonchev–Trinajstić information content (AvgIpc) is 2.18. The number of ether oxygens (including phenoxy) is 1. The molecular weight excluding hydrogens is 198 g/mol. The van der Waals surface area contributed by atoms with Crippen molar-refractivity contribution in [1.29, 1.82) is 0 Å². The SMILES string of the molecule is C#CCCCOc1ccc(N)c(Cl)c1. The summed E-state index contributed by atoms with van der Waals surface area (Å²) in [7, 11) is 0. The van der Waals surface area contributed by atoms with Gasteiger partial charge in [-0.05, 0) is 18.6 Å². The van der Waals surface area contributed by atoms with Gasteiger partial charge >= 0.3 is 0 Å². The maximum atomic E-state index is 5.82. The number of terminal acetylenes is 1. The predicted octanol–water partition coefficient (Wildman–Crippen LogP) is 2.71.